The molecule has 7 nitrogen and oxygen atoms in total. The van der Waals surface area contributed by atoms with Crippen molar-refractivity contribution < 1.29 is 9.53 Å². The third kappa shape index (κ3) is 3.08. The summed E-state index contributed by atoms with van der Waals surface area (Å²) in [5.41, 5.74) is 1.32. The predicted molar refractivity (Wildman–Crippen MR) is 74.5 cm³/mol. The summed E-state index contributed by atoms with van der Waals surface area (Å²) >= 11 is 0. The van der Waals surface area contributed by atoms with Gasteiger partial charge in [-0.05, 0) is 31.9 Å². The summed E-state index contributed by atoms with van der Waals surface area (Å²) in [6.45, 7) is 2.30. The summed E-state index contributed by atoms with van der Waals surface area (Å²) in [6, 6.07) is 3.53. The van der Waals surface area contributed by atoms with Gasteiger partial charge >= 0.3 is 0 Å². The molecule has 3 heterocycles. The second kappa shape index (κ2) is 6.01. The Hall–Kier alpha value is -2.28. The molecule has 0 bridgehead atoms. The van der Waals surface area contributed by atoms with Crippen molar-refractivity contribution in [3.05, 3.63) is 41.7 Å². The summed E-state index contributed by atoms with van der Waals surface area (Å²) < 4.78 is 5.86. The van der Waals surface area contributed by atoms with E-state index in [4.69, 9.17) is 4.74 Å². The maximum absolute atomic E-state index is 12.1. The van der Waals surface area contributed by atoms with Gasteiger partial charge in [0.2, 0.25) is 0 Å². The van der Waals surface area contributed by atoms with Crippen LogP contribution in [0.5, 0.6) is 0 Å². The van der Waals surface area contributed by atoms with E-state index in [9.17, 15) is 4.79 Å². The van der Waals surface area contributed by atoms with E-state index < -0.39 is 0 Å². The Morgan fingerprint density at radius 2 is 2.38 bits per heavy atom. The van der Waals surface area contributed by atoms with Gasteiger partial charge in [-0.3, -0.25) is 14.9 Å². The van der Waals surface area contributed by atoms with E-state index in [2.05, 4.69) is 25.5 Å². The zero-order valence-corrected chi connectivity index (χ0v) is 11.7. The molecule has 0 radical (unpaired) electrons. The van der Waals surface area contributed by atoms with E-state index in [1.807, 2.05) is 6.92 Å². The van der Waals surface area contributed by atoms with Crippen molar-refractivity contribution >= 4 is 5.91 Å². The first-order valence-corrected chi connectivity index (χ1v) is 6.94. The molecular formula is C14H17N5O2. The number of amides is 1. The van der Waals surface area contributed by atoms with Crippen molar-refractivity contribution in [3.8, 4) is 0 Å². The highest BCUT2D eigenvalue weighted by Crippen LogP contribution is 2.29. The molecule has 2 N–H and O–H groups in total. The molecule has 1 aliphatic rings. The number of hydrogen-bond donors (Lipinski definition) is 2. The maximum atomic E-state index is 12.1. The fourth-order valence-corrected chi connectivity index (χ4v) is 2.45. The Balaban J connectivity index is 1.52. The number of aryl methyl sites for hydroxylation is 1. The summed E-state index contributed by atoms with van der Waals surface area (Å²) in [5.74, 6) is 0.624. The maximum Gasteiger partial charge on any atom is 0.253 e. The van der Waals surface area contributed by atoms with Crippen LogP contribution in [0.1, 0.15) is 40.8 Å². The molecule has 1 fully saturated rings. The van der Waals surface area contributed by atoms with Crippen molar-refractivity contribution in [1.82, 2.24) is 25.5 Å². The second-order valence-electron chi connectivity index (χ2n) is 5.04. The Labute approximate surface area is 122 Å². The average molecular weight is 287 g/mol. The summed E-state index contributed by atoms with van der Waals surface area (Å²) in [6.07, 6.45) is 4.85. The predicted octanol–water partition coefficient (Wildman–Crippen LogP) is 1.16. The molecular weight excluding hydrogens is 270 g/mol. The smallest absolute Gasteiger partial charge is 0.253 e. The van der Waals surface area contributed by atoms with Gasteiger partial charge in [0, 0.05) is 18.4 Å². The van der Waals surface area contributed by atoms with Gasteiger partial charge in [-0.2, -0.15) is 5.10 Å². The van der Waals surface area contributed by atoms with Crippen molar-refractivity contribution in [2.75, 3.05) is 6.54 Å². The molecule has 1 amide bonds. The molecule has 2 aromatic rings. The summed E-state index contributed by atoms with van der Waals surface area (Å²) in [5, 5.41) is 9.54. The normalized spacial score (nSPS) is 21.4. The quantitative estimate of drug-likeness (QED) is 0.880. The number of aromatic nitrogens is 4. The summed E-state index contributed by atoms with van der Waals surface area (Å²) in [4.78, 5) is 20.3. The van der Waals surface area contributed by atoms with Gasteiger partial charge in [0.25, 0.3) is 5.91 Å². The Bertz CT molecular complexity index is 614. The Kier molecular flexibility index (Phi) is 3.92. The van der Waals surface area contributed by atoms with E-state index >= 15 is 0 Å². The third-order valence-corrected chi connectivity index (χ3v) is 3.59. The number of rotatable bonds is 4. The Morgan fingerprint density at radius 1 is 1.48 bits per heavy atom. The fourth-order valence-electron chi connectivity index (χ4n) is 2.45. The lowest BCUT2D eigenvalue weighted by atomic mass is 10.1. The second-order valence-corrected chi connectivity index (χ2v) is 5.04. The van der Waals surface area contributed by atoms with E-state index in [1.54, 1.807) is 18.3 Å². The molecule has 0 unspecified atom stereocenters. The van der Waals surface area contributed by atoms with Crippen LogP contribution in [0, 0.1) is 6.92 Å². The number of aromatic amines is 1. The minimum absolute atomic E-state index is 0.000951. The number of carbonyl (C=O) groups is 1. The number of pyridine rings is 1. The summed E-state index contributed by atoms with van der Waals surface area (Å²) in [7, 11) is 0. The Morgan fingerprint density at radius 3 is 3.14 bits per heavy atom. The van der Waals surface area contributed by atoms with Gasteiger partial charge in [0.15, 0.2) is 5.82 Å². The first kappa shape index (κ1) is 13.7. The molecule has 2 atom stereocenters. The molecule has 0 saturated carbocycles. The van der Waals surface area contributed by atoms with Crippen LogP contribution >= 0.6 is 0 Å². The molecule has 1 saturated heterocycles. The molecule has 1 aliphatic heterocycles. The van der Waals surface area contributed by atoms with Crippen LogP contribution in [0.3, 0.4) is 0 Å². The minimum Gasteiger partial charge on any atom is -0.365 e. The van der Waals surface area contributed by atoms with Crippen molar-refractivity contribution in [2.24, 2.45) is 0 Å². The highest BCUT2D eigenvalue weighted by Gasteiger charge is 2.28. The van der Waals surface area contributed by atoms with Crippen LogP contribution in [0.15, 0.2) is 24.7 Å². The van der Waals surface area contributed by atoms with Crippen LogP contribution in [0.2, 0.25) is 0 Å². The van der Waals surface area contributed by atoms with Crippen molar-refractivity contribution in [3.63, 3.8) is 0 Å². The molecule has 21 heavy (non-hydrogen) atoms. The molecule has 2 aromatic heterocycles. The monoisotopic (exact) mass is 287 g/mol. The van der Waals surface area contributed by atoms with Crippen LogP contribution in [0.25, 0.3) is 0 Å². The molecule has 0 aliphatic carbocycles. The van der Waals surface area contributed by atoms with E-state index in [1.165, 1.54) is 6.33 Å². The van der Waals surface area contributed by atoms with Crippen LogP contribution in [-0.2, 0) is 4.74 Å². The van der Waals surface area contributed by atoms with E-state index in [0.29, 0.717) is 12.1 Å². The van der Waals surface area contributed by atoms with E-state index in [0.717, 1.165) is 24.4 Å². The van der Waals surface area contributed by atoms with Gasteiger partial charge < -0.3 is 10.1 Å². The van der Waals surface area contributed by atoms with Crippen molar-refractivity contribution in [1.29, 1.82) is 0 Å². The standard InChI is InChI=1S/C14H17N5O2/c1-9-11(3-2-6-15-9)14(20)16-7-10-4-5-12(21-10)13-17-8-18-19-13/h2-3,6,8,10,12H,4-5,7H2,1H3,(H,16,20)(H,17,18,19)/t10-,12+/m1/s1. The van der Waals surface area contributed by atoms with Crippen LogP contribution in [-0.4, -0.2) is 38.7 Å². The third-order valence-electron chi connectivity index (χ3n) is 3.59. The lowest BCUT2D eigenvalue weighted by Crippen LogP contribution is -2.32. The van der Waals surface area contributed by atoms with Crippen LogP contribution in [0.4, 0.5) is 0 Å². The first-order chi connectivity index (χ1) is 10.2. The fraction of sp³-hybridized carbons (Fsp3) is 0.429. The number of hydrogen-bond acceptors (Lipinski definition) is 5. The lowest BCUT2D eigenvalue weighted by Gasteiger charge is -2.13. The molecule has 0 aromatic carbocycles. The zero-order valence-electron chi connectivity index (χ0n) is 11.7. The SMILES string of the molecule is Cc1ncccc1C(=O)NC[C@H]1CC[C@@H](c2ncn[nH]2)O1. The van der Waals surface area contributed by atoms with E-state index in [-0.39, 0.29) is 18.1 Å². The minimum atomic E-state index is -0.118. The number of nitrogens with one attached hydrogen (secondary N) is 2. The van der Waals surface area contributed by atoms with Crippen LogP contribution < -0.4 is 5.32 Å². The highest BCUT2D eigenvalue weighted by molar-refractivity contribution is 5.95. The number of carbonyl (C=O) groups excluding carboxylic acids is 1. The average Bonchev–Trinajstić information content (AvgIpc) is 3.16. The molecule has 0 spiro atoms. The topological polar surface area (TPSA) is 92.8 Å². The molecule has 110 valence electrons. The largest absolute Gasteiger partial charge is 0.365 e. The van der Waals surface area contributed by atoms with Gasteiger partial charge in [-0.25, -0.2) is 4.98 Å². The van der Waals surface area contributed by atoms with Gasteiger partial charge in [0.1, 0.15) is 12.4 Å². The lowest BCUT2D eigenvalue weighted by molar-refractivity contribution is 0.0392. The first-order valence-electron chi connectivity index (χ1n) is 6.94. The zero-order chi connectivity index (χ0) is 14.7. The number of nitrogens with zero attached hydrogens (tertiary/aromatic N) is 3. The number of H-pyrrole nitrogens is 1. The highest BCUT2D eigenvalue weighted by atomic mass is 16.5. The van der Waals surface area contributed by atoms with Gasteiger partial charge in [-0.1, -0.05) is 0 Å². The number of ether oxygens (including phenoxy) is 1. The van der Waals surface area contributed by atoms with Crippen molar-refractivity contribution in [2.45, 2.75) is 32.0 Å². The van der Waals surface area contributed by atoms with Gasteiger partial charge in [0.05, 0.1) is 11.7 Å². The van der Waals surface area contributed by atoms with Gasteiger partial charge in [-0.15, -0.1) is 0 Å². The molecule has 3 rings (SSSR count). The molecule has 7 heteroatoms.